The van der Waals surface area contributed by atoms with Gasteiger partial charge in [0.2, 0.25) is 0 Å². The molecule has 0 aliphatic rings. The standard InChI is InChI=1S/C12H11N3O.ClH/c13-11-6-7-14-8-10(11)12(15-16)9-4-2-1-3-5-9;/h1-8,16H,(H2,13,14);1H/b15-12+;. The molecule has 88 valence electrons. The summed E-state index contributed by atoms with van der Waals surface area (Å²) in [5.74, 6) is 0. The lowest BCUT2D eigenvalue weighted by molar-refractivity contribution is 0.319. The number of aromatic nitrogens is 1. The maximum absolute atomic E-state index is 9.06. The van der Waals surface area contributed by atoms with Gasteiger partial charge in [-0.25, -0.2) is 0 Å². The molecule has 17 heavy (non-hydrogen) atoms. The van der Waals surface area contributed by atoms with Crippen molar-refractivity contribution in [2.45, 2.75) is 0 Å². The Morgan fingerprint density at radius 1 is 1.18 bits per heavy atom. The average molecular weight is 250 g/mol. The predicted octanol–water partition coefficient (Wildman–Crippen LogP) is 2.31. The smallest absolute Gasteiger partial charge is 0.120 e. The van der Waals surface area contributed by atoms with Crippen LogP contribution in [-0.2, 0) is 0 Å². The summed E-state index contributed by atoms with van der Waals surface area (Å²) in [5, 5.41) is 12.3. The summed E-state index contributed by atoms with van der Waals surface area (Å²) in [7, 11) is 0. The summed E-state index contributed by atoms with van der Waals surface area (Å²) in [6, 6.07) is 11.0. The zero-order valence-corrected chi connectivity index (χ0v) is 9.76. The molecule has 0 spiro atoms. The quantitative estimate of drug-likeness (QED) is 0.487. The first-order chi connectivity index (χ1) is 7.83. The van der Waals surface area contributed by atoms with Gasteiger partial charge in [-0.15, -0.1) is 12.4 Å². The number of hydrogen-bond donors (Lipinski definition) is 2. The third-order valence-electron chi connectivity index (χ3n) is 2.26. The van der Waals surface area contributed by atoms with Crippen molar-refractivity contribution in [3.05, 3.63) is 59.9 Å². The van der Waals surface area contributed by atoms with Gasteiger partial charge in [-0.2, -0.15) is 0 Å². The van der Waals surface area contributed by atoms with Gasteiger partial charge in [0.05, 0.1) is 0 Å². The first-order valence-corrected chi connectivity index (χ1v) is 4.80. The molecule has 0 saturated carbocycles. The maximum Gasteiger partial charge on any atom is 0.120 e. The van der Waals surface area contributed by atoms with Gasteiger partial charge < -0.3 is 10.9 Å². The van der Waals surface area contributed by atoms with E-state index in [1.54, 1.807) is 18.5 Å². The van der Waals surface area contributed by atoms with Gasteiger partial charge in [0, 0.05) is 29.2 Å². The minimum Gasteiger partial charge on any atom is -0.410 e. The number of benzene rings is 1. The minimum atomic E-state index is 0. The second kappa shape index (κ2) is 5.86. The Labute approximate surface area is 105 Å². The molecule has 3 N–H and O–H groups in total. The van der Waals surface area contributed by atoms with Crippen LogP contribution in [0.5, 0.6) is 0 Å². The Hall–Kier alpha value is -2.07. The van der Waals surface area contributed by atoms with Crippen molar-refractivity contribution in [1.29, 1.82) is 0 Å². The van der Waals surface area contributed by atoms with Gasteiger partial charge in [-0.05, 0) is 6.07 Å². The number of pyridine rings is 1. The fourth-order valence-electron chi connectivity index (χ4n) is 1.47. The van der Waals surface area contributed by atoms with Crippen molar-refractivity contribution >= 4 is 23.8 Å². The number of hydrogen-bond acceptors (Lipinski definition) is 4. The van der Waals surface area contributed by atoms with E-state index in [2.05, 4.69) is 10.1 Å². The Morgan fingerprint density at radius 3 is 2.47 bits per heavy atom. The summed E-state index contributed by atoms with van der Waals surface area (Å²) in [4.78, 5) is 3.97. The predicted molar refractivity (Wildman–Crippen MR) is 69.8 cm³/mol. The first kappa shape index (κ1) is 13.0. The lowest BCUT2D eigenvalue weighted by Gasteiger charge is -2.06. The number of oxime groups is 1. The van der Waals surface area contributed by atoms with E-state index in [4.69, 9.17) is 10.9 Å². The van der Waals surface area contributed by atoms with E-state index in [-0.39, 0.29) is 12.4 Å². The molecular weight excluding hydrogens is 238 g/mol. The van der Waals surface area contributed by atoms with Crippen LogP contribution in [0.15, 0.2) is 53.9 Å². The number of halogens is 1. The second-order valence-corrected chi connectivity index (χ2v) is 3.28. The van der Waals surface area contributed by atoms with Crippen LogP contribution in [-0.4, -0.2) is 15.9 Å². The molecule has 1 aromatic heterocycles. The second-order valence-electron chi connectivity index (χ2n) is 3.28. The highest BCUT2D eigenvalue weighted by atomic mass is 35.5. The zero-order valence-electron chi connectivity index (χ0n) is 8.95. The van der Waals surface area contributed by atoms with E-state index >= 15 is 0 Å². The van der Waals surface area contributed by atoms with E-state index < -0.39 is 0 Å². The van der Waals surface area contributed by atoms with Crippen molar-refractivity contribution in [3.8, 4) is 0 Å². The van der Waals surface area contributed by atoms with Crippen molar-refractivity contribution in [3.63, 3.8) is 0 Å². The van der Waals surface area contributed by atoms with Crippen molar-refractivity contribution < 1.29 is 5.21 Å². The number of nitrogens with two attached hydrogens (primary N) is 1. The Bertz CT molecular complexity index is 514. The molecular formula is C12H12ClN3O. The van der Waals surface area contributed by atoms with Crippen LogP contribution in [0.4, 0.5) is 5.69 Å². The molecule has 0 unspecified atom stereocenters. The maximum atomic E-state index is 9.06. The number of anilines is 1. The largest absolute Gasteiger partial charge is 0.410 e. The summed E-state index contributed by atoms with van der Waals surface area (Å²) in [6.07, 6.45) is 3.18. The van der Waals surface area contributed by atoms with Crippen molar-refractivity contribution in [2.75, 3.05) is 5.73 Å². The molecule has 2 rings (SSSR count). The van der Waals surface area contributed by atoms with Gasteiger partial charge >= 0.3 is 0 Å². The van der Waals surface area contributed by atoms with Gasteiger partial charge in [0.25, 0.3) is 0 Å². The minimum absolute atomic E-state index is 0. The van der Waals surface area contributed by atoms with Crippen LogP contribution in [0.2, 0.25) is 0 Å². The fraction of sp³-hybridized carbons (Fsp3) is 0. The molecule has 0 amide bonds. The molecule has 1 aromatic carbocycles. The molecule has 0 aliphatic heterocycles. The number of nitrogens with zero attached hydrogens (tertiary/aromatic N) is 2. The van der Waals surface area contributed by atoms with E-state index in [0.717, 1.165) is 5.56 Å². The van der Waals surface area contributed by atoms with Crippen LogP contribution in [0, 0.1) is 0 Å². The van der Waals surface area contributed by atoms with Crippen LogP contribution in [0.1, 0.15) is 11.1 Å². The molecule has 0 aliphatic carbocycles. The highest BCUT2D eigenvalue weighted by Crippen LogP contribution is 2.15. The Balaban J connectivity index is 0.00000144. The normalized spacial score (nSPS) is 10.7. The average Bonchev–Trinajstić information content (AvgIpc) is 2.34. The van der Waals surface area contributed by atoms with Gasteiger partial charge in [0.1, 0.15) is 5.71 Å². The zero-order chi connectivity index (χ0) is 11.4. The summed E-state index contributed by atoms with van der Waals surface area (Å²) < 4.78 is 0. The van der Waals surface area contributed by atoms with E-state index in [9.17, 15) is 0 Å². The molecule has 2 aromatic rings. The molecule has 1 heterocycles. The van der Waals surface area contributed by atoms with Gasteiger partial charge in [0.15, 0.2) is 0 Å². The highest BCUT2D eigenvalue weighted by Gasteiger charge is 2.10. The lowest BCUT2D eigenvalue weighted by Crippen LogP contribution is -2.07. The van der Waals surface area contributed by atoms with Crippen LogP contribution in [0.25, 0.3) is 0 Å². The SMILES string of the molecule is Cl.Nc1ccncc1/C(=N/O)c1ccccc1. The Kier molecular flexibility index (Phi) is 4.48. The van der Waals surface area contributed by atoms with Crippen LogP contribution >= 0.6 is 12.4 Å². The molecule has 0 fully saturated rings. The molecule has 0 bridgehead atoms. The van der Waals surface area contributed by atoms with Crippen molar-refractivity contribution in [2.24, 2.45) is 5.16 Å². The van der Waals surface area contributed by atoms with Gasteiger partial charge in [-0.1, -0.05) is 35.5 Å². The van der Waals surface area contributed by atoms with Crippen molar-refractivity contribution in [1.82, 2.24) is 4.98 Å². The summed E-state index contributed by atoms with van der Waals surface area (Å²) in [5.41, 5.74) is 8.18. The van der Waals surface area contributed by atoms with Crippen LogP contribution < -0.4 is 5.73 Å². The molecule has 0 atom stereocenters. The lowest BCUT2D eigenvalue weighted by atomic mass is 10.0. The highest BCUT2D eigenvalue weighted by molar-refractivity contribution is 6.15. The summed E-state index contributed by atoms with van der Waals surface area (Å²) in [6.45, 7) is 0. The van der Waals surface area contributed by atoms with E-state index in [1.165, 1.54) is 0 Å². The molecule has 0 radical (unpaired) electrons. The summed E-state index contributed by atoms with van der Waals surface area (Å²) >= 11 is 0. The van der Waals surface area contributed by atoms with E-state index in [0.29, 0.717) is 17.0 Å². The topological polar surface area (TPSA) is 71.5 Å². The fourth-order valence-corrected chi connectivity index (χ4v) is 1.47. The van der Waals surface area contributed by atoms with E-state index in [1.807, 2.05) is 30.3 Å². The first-order valence-electron chi connectivity index (χ1n) is 4.80. The number of rotatable bonds is 2. The van der Waals surface area contributed by atoms with Gasteiger partial charge in [-0.3, -0.25) is 4.98 Å². The monoisotopic (exact) mass is 249 g/mol. The molecule has 4 nitrogen and oxygen atoms in total. The third-order valence-corrected chi connectivity index (χ3v) is 2.26. The molecule has 0 saturated heterocycles. The number of nitrogen functional groups attached to an aromatic ring is 1. The Morgan fingerprint density at radius 2 is 1.88 bits per heavy atom. The molecule has 5 heteroatoms. The van der Waals surface area contributed by atoms with Crippen LogP contribution in [0.3, 0.4) is 0 Å². The third kappa shape index (κ3) is 2.73.